The number of amides is 1. The fourth-order valence-electron chi connectivity index (χ4n) is 2.64. The maximum Gasteiger partial charge on any atom is 0.221 e. The molecule has 2 heterocycles. The third-order valence-electron chi connectivity index (χ3n) is 3.97. The molecule has 1 amide bonds. The number of carbonyl (C=O) groups is 1. The molecule has 0 aliphatic heterocycles. The third-order valence-corrected chi connectivity index (χ3v) is 3.97. The van der Waals surface area contributed by atoms with Crippen LogP contribution in [0.5, 0.6) is 0 Å². The average Bonchev–Trinajstić information content (AvgIpc) is 2.99. The quantitative estimate of drug-likeness (QED) is 0.695. The molecule has 6 heteroatoms. The van der Waals surface area contributed by atoms with Gasteiger partial charge in [0.2, 0.25) is 5.91 Å². The van der Waals surface area contributed by atoms with Crippen molar-refractivity contribution in [1.29, 1.82) is 0 Å². The van der Waals surface area contributed by atoms with Crippen LogP contribution < -0.4 is 10.6 Å². The predicted molar refractivity (Wildman–Crippen MR) is 99.6 cm³/mol. The predicted octanol–water partition coefficient (Wildman–Crippen LogP) is 3.03. The number of aryl methyl sites for hydroxylation is 1. The van der Waals surface area contributed by atoms with Crippen molar-refractivity contribution >= 4 is 17.4 Å². The molecule has 0 spiro atoms. The van der Waals surface area contributed by atoms with Gasteiger partial charge in [0.1, 0.15) is 11.5 Å². The van der Waals surface area contributed by atoms with Gasteiger partial charge in [0.05, 0.1) is 6.20 Å². The van der Waals surface area contributed by atoms with Crippen molar-refractivity contribution in [2.45, 2.75) is 26.7 Å². The Hall–Kier alpha value is -2.89. The van der Waals surface area contributed by atoms with Crippen LogP contribution in [0.1, 0.15) is 25.3 Å². The Bertz CT molecular complexity index is 854. The van der Waals surface area contributed by atoms with E-state index in [4.69, 9.17) is 4.98 Å². The van der Waals surface area contributed by atoms with E-state index in [2.05, 4.69) is 46.8 Å². The Labute approximate surface area is 147 Å². The Morgan fingerprint density at radius 2 is 2.00 bits per heavy atom. The van der Waals surface area contributed by atoms with Gasteiger partial charge in [0.15, 0.2) is 5.65 Å². The molecule has 0 radical (unpaired) electrons. The van der Waals surface area contributed by atoms with E-state index in [0.29, 0.717) is 19.5 Å². The molecular formula is C19H23N5O. The van der Waals surface area contributed by atoms with Gasteiger partial charge >= 0.3 is 0 Å². The van der Waals surface area contributed by atoms with Crippen LogP contribution in [0, 0.1) is 6.92 Å². The van der Waals surface area contributed by atoms with Crippen LogP contribution in [0.4, 0.5) is 5.82 Å². The third kappa shape index (κ3) is 3.96. The molecule has 130 valence electrons. The first-order valence-corrected chi connectivity index (χ1v) is 8.58. The van der Waals surface area contributed by atoms with Crippen molar-refractivity contribution in [3.05, 3.63) is 48.4 Å². The number of anilines is 1. The molecule has 6 nitrogen and oxygen atoms in total. The molecule has 0 bridgehead atoms. The lowest BCUT2D eigenvalue weighted by molar-refractivity contribution is -0.120. The Morgan fingerprint density at radius 3 is 2.76 bits per heavy atom. The summed E-state index contributed by atoms with van der Waals surface area (Å²) >= 11 is 0. The molecule has 0 atom stereocenters. The molecule has 0 aliphatic rings. The van der Waals surface area contributed by atoms with Crippen LogP contribution in [0.3, 0.4) is 0 Å². The van der Waals surface area contributed by atoms with Gasteiger partial charge in [-0.05, 0) is 13.3 Å². The number of imidazole rings is 1. The smallest absolute Gasteiger partial charge is 0.221 e. The lowest BCUT2D eigenvalue weighted by atomic mass is 10.1. The minimum atomic E-state index is 0.0572. The van der Waals surface area contributed by atoms with Crippen LogP contribution in [-0.2, 0) is 4.79 Å². The number of benzene rings is 1. The van der Waals surface area contributed by atoms with Gasteiger partial charge < -0.3 is 10.6 Å². The van der Waals surface area contributed by atoms with Gasteiger partial charge in [-0.1, -0.05) is 36.8 Å². The molecule has 3 aromatic rings. The van der Waals surface area contributed by atoms with Crippen LogP contribution in [0.15, 0.2) is 42.9 Å². The molecule has 3 rings (SSSR count). The summed E-state index contributed by atoms with van der Waals surface area (Å²) in [4.78, 5) is 20.6. The highest BCUT2D eigenvalue weighted by molar-refractivity contribution is 5.78. The Morgan fingerprint density at radius 1 is 1.20 bits per heavy atom. The molecule has 0 aliphatic carbocycles. The lowest BCUT2D eigenvalue weighted by Gasteiger charge is -2.09. The fourth-order valence-corrected chi connectivity index (χ4v) is 2.64. The van der Waals surface area contributed by atoms with E-state index in [0.717, 1.165) is 29.1 Å². The monoisotopic (exact) mass is 337 g/mol. The van der Waals surface area contributed by atoms with Crippen LogP contribution in [0.2, 0.25) is 0 Å². The highest BCUT2D eigenvalue weighted by Gasteiger charge is 2.14. The number of nitrogens with one attached hydrogen (secondary N) is 2. The molecule has 0 fully saturated rings. The van der Waals surface area contributed by atoms with E-state index < -0.39 is 0 Å². The minimum absolute atomic E-state index is 0.0572. The summed E-state index contributed by atoms with van der Waals surface area (Å²) < 4.78 is 1.96. The SMILES string of the molecule is CCCNC(=O)CCNc1c(-c2ccc(C)cc2)nc2cnccn12. The van der Waals surface area contributed by atoms with Crippen LogP contribution in [-0.4, -0.2) is 33.4 Å². The molecule has 25 heavy (non-hydrogen) atoms. The largest absolute Gasteiger partial charge is 0.369 e. The molecule has 0 saturated carbocycles. The average molecular weight is 337 g/mol. The van der Waals surface area contributed by atoms with Crippen molar-refractivity contribution < 1.29 is 4.79 Å². The fraction of sp³-hybridized carbons (Fsp3) is 0.316. The van der Waals surface area contributed by atoms with E-state index >= 15 is 0 Å². The van der Waals surface area contributed by atoms with Crippen molar-refractivity contribution in [1.82, 2.24) is 19.7 Å². The summed E-state index contributed by atoms with van der Waals surface area (Å²) in [7, 11) is 0. The highest BCUT2D eigenvalue weighted by Crippen LogP contribution is 2.28. The number of hydrogen-bond acceptors (Lipinski definition) is 4. The molecule has 2 N–H and O–H groups in total. The van der Waals surface area contributed by atoms with Crippen LogP contribution >= 0.6 is 0 Å². The van der Waals surface area contributed by atoms with Gasteiger partial charge in [-0.25, -0.2) is 4.98 Å². The van der Waals surface area contributed by atoms with Gasteiger partial charge in [0.25, 0.3) is 0 Å². The number of carbonyl (C=O) groups excluding carboxylic acids is 1. The molecular weight excluding hydrogens is 314 g/mol. The van der Waals surface area contributed by atoms with Crippen molar-refractivity contribution in [2.75, 3.05) is 18.4 Å². The topological polar surface area (TPSA) is 71.3 Å². The lowest BCUT2D eigenvalue weighted by Crippen LogP contribution is -2.26. The van der Waals surface area contributed by atoms with Crippen LogP contribution in [0.25, 0.3) is 16.9 Å². The highest BCUT2D eigenvalue weighted by atomic mass is 16.1. The van der Waals surface area contributed by atoms with E-state index in [9.17, 15) is 4.79 Å². The molecule has 0 unspecified atom stereocenters. The van der Waals surface area contributed by atoms with E-state index in [-0.39, 0.29) is 5.91 Å². The Kier molecular flexibility index (Phi) is 5.28. The second-order valence-electron chi connectivity index (χ2n) is 6.01. The summed E-state index contributed by atoms with van der Waals surface area (Å²) in [5.41, 5.74) is 3.88. The zero-order valence-corrected chi connectivity index (χ0v) is 14.6. The second-order valence-corrected chi connectivity index (χ2v) is 6.01. The summed E-state index contributed by atoms with van der Waals surface area (Å²) in [6.45, 7) is 5.36. The number of hydrogen-bond donors (Lipinski definition) is 2. The number of rotatable bonds is 7. The van der Waals surface area contributed by atoms with E-state index in [1.807, 2.05) is 17.5 Å². The summed E-state index contributed by atoms with van der Waals surface area (Å²) in [6, 6.07) is 8.26. The number of aromatic nitrogens is 3. The second kappa shape index (κ2) is 7.79. The zero-order valence-electron chi connectivity index (χ0n) is 14.6. The molecule has 1 aromatic carbocycles. The number of fused-ring (bicyclic) bond motifs is 1. The number of nitrogens with zero attached hydrogens (tertiary/aromatic N) is 3. The normalized spacial score (nSPS) is 10.8. The summed E-state index contributed by atoms with van der Waals surface area (Å²) in [5, 5.41) is 6.26. The molecule has 0 saturated heterocycles. The van der Waals surface area contributed by atoms with Crippen molar-refractivity contribution in [3.63, 3.8) is 0 Å². The molecule has 2 aromatic heterocycles. The standard InChI is InChI=1S/C19H23N5O/c1-3-9-21-17(25)8-10-22-19-18(15-6-4-14(2)5-7-15)23-16-13-20-11-12-24(16)19/h4-7,11-13,22H,3,8-10H2,1-2H3,(H,21,25). The first kappa shape index (κ1) is 17.0. The van der Waals surface area contributed by atoms with E-state index in [1.54, 1.807) is 12.4 Å². The van der Waals surface area contributed by atoms with E-state index in [1.165, 1.54) is 5.56 Å². The van der Waals surface area contributed by atoms with Gasteiger partial charge in [-0.2, -0.15) is 0 Å². The summed E-state index contributed by atoms with van der Waals surface area (Å²) in [5.74, 6) is 0.936. The first-order valence-electron chi connectivity index (χ1n) is 8.58. The summed E-state index contributed by atoms with van der Waals surface area (Å²) in [6.07, 6.45) is 6.70. The Balaban J connectivity index is 1.83. The van der Waals surface area contributed by atoms with Gasteiger partial charge in [-0.15, -0.1) is 0 Å². The van der Waals surface area contributed by atoms with Gasteiger partial charge in [0, 0.05) is 37.5 Å². The van der Waals surface area contributed by atoms with Gasteiger partial charge in [-0.3, -0.25) is 14.2 Å². The zero-order chi connectivity index (χ0) is 17.6. The minimum Gasteiger partial charge on any atom is -0.369 e. The van der Waals surface area contributed by atoms with Crippen molar-refractivity contribution in [3.8, 4) is 11.3 Å². The maximum atomic E-state index is 11.8. The van der Waals surface area contributed by atoms with Crippen molar-refractivity contribution in [2.24, 2.45) is 0 Å². The maximum absolute atomic E-state index is 11.8. The first-order chi connectivity index (χ1) is 12.2.